The van der Waals surface area contributed by atoms with Crippen LogP contribution >= 0.6 is 12.2 Å². The van der Waals surface area contributed by atoms with Crippen LogP contribution in [0.3, 0.4) is 0 Å². The van der Waals surface area contributed by atoms with Crippen molar-refractivity contribution >= 4 is 28.1 Å². The molecule has 0 aliphatic rings. The second-order valence-electron chi connectivity index (χ2n) is 3.87. The van der Waals surface area contributed by atoms with E-state index in [1.54, 1.807) is 0 Å². The molecule has 0 spiro atoms. The lowest BCUT2D eigenvalue weighted by atomic mass is 10.2. The highest BCUT2D eigenvalue weighted by Crippen LogP contribution is 2.13. The van der Waals surface area contributed by atoms with Crippen LogP contribution in [0.25, 0.3) is 10.9 Å². The molecule has 0 atom stereocenters. The Morgan fingerprint density at radius 2 is 1.82 bits per heavy atom. The van der Waals surface area contributed by atoms with E-state index in [0.29, 0.717) is 0 Å². The molecule has 1 heterocycles. The van der Waals surface area contributed by atoms with Gasteiger partial charge in [0.25, 0.3) is 0 Å². The lowest BCUT2D eigenvalue weighted by Crippen LogP contribution is -2.30. The van der Waals surface area contributed by atoms with Crippen molar-refractivity contribution in [3.8, 4) is 0 Å². The first-order chi connectivity index (χ1) is 8.26. The Kier molecular flexibility index (Phi) is 3.69. The highest BCUT2D eigenvalue weighted by Gasteiger charge is 2.09. The summed E-state index contributed by atoms with van der Waals surface area (Å²) in [6.45, 7) is 6.06. The molecule has 0 amide bonds. The third-order valence-electron chi connectivity index (χ3n) is 2.87. The van der Waals surface area contributed by atoms with Crippen molar-refractivity contribution in [3.63, 3.8) is 0 Å². The number of rotatable bonds is 3. The Morgan fingerprint density at radius 1 is 1.12 bits per heavy atom. The lowest BCUT2D eigenvalue weighted by molar-refractivity contribution is 0.474. The highest BCUT2D eigenvalue weighted by molar-refractivity contribution is 7.80. The maximum absolute atomic E-state index is 5.47. The Morgan fingerprint density at radius 3 is 2.53 bits per heavy atom. The number of fused-ring (bicyclic) bond motifs is 1. The summed E-state index contributed by atoms with van der Waals surface area (Å²) in [5, 5.41) is 1.15. The summed E-state index contributed by atoms with van der Waals surface area (Å²) in [6.07, 6.45) is 0. The summed E-state index contributed by atoms with van der Waals surface area (Å²) in [5.41, 5.74) is 1.89. The Balaban J connectivity index is 2.39. The van der Waals surface area contributed by atoms with Crippen LogP contribution in [0, 0.1) is 0 Å². The van der Waals surface area contributed by atoms with E-state index in [1.807, 2.05) is 24.3 Å². The molecule has 2 rings (SSSR count). The van der Waals surface area contributed by atoms with Crippen molar-refractivity contribution in [2.75, 3.05) is 13.1 Å². The molecule has 0 unspecified atom stereocenters. The van der Waals surface area contributed by atoms with Crippen molar-refractivity contribution < 1.29 is 0 Å². The summed E-state index contributed by atoms with van der Waals surface area (Å²) in [7, 11) is 0. The third-order valence-corrected chi connectivity index (χ3v) is 3.34. The van der Waals surface area contributed by atoms with Crippen LogP contribution < -0.4 is 0 Å². The van der Waals surface area contributed by atoms with Crippen molar-refractivity contribution in [2.24, 2.45) is 0 Å². The molecule has 3 heteroatoms. The van der Waals surface area contributed by atoms with Gasteiger partial charge in [0.15, 0.2) is 0 Å². The molecule has 2 aromatic rings. The monoisotopic (exact) mass is 244 g/mol. The van der Waals surface area contributed by atoms with Gasteiger partial charge in [-0.1, -0.05) is 36.5 Å². The minimum Gasteiger partial charge on any atom is -0.362 e. The van der Waals surface area contributed by atoms with Gasteiger partial charge in [-0.05, 0) is 26.0 Å². The van der Waals surface area contributed by atoms with E-state index >= 15 is 0 Å². The number of para-hydroxylation sites is 1. The van der Waals surface area contributed by atoms with E-state index in [-0.39, 0.29) is 0 Å². The third kappa shape index (κ3) is 2.44. The smallest absolute Gasteiger partial charge is 0.127 e. The van der Waals surface area contributed by atoms with E-state index in [2.05, 4.69) is 35.9 Å². The predicted octanol–water partition coefficient (Wildman–Crippen LogP) is 3.25. The summed E-state index contributed by atoms with van der Waals surface area (Å²) >= 11 is 5.47. The molecule has 0 aliphatic carbocycles. The standard InChI is InChI=1S/C14H16N2S/c1-3-16(4-2)14(17)13-10-9-11-7-5-6-8-12(11)15-13/h5-10H,3-4H2,1-2H3. The van der Waals surface area contributed by atoms with Gasteiger partial charge in [0.05, 0.1) is 11.2 Å². The number of nitrogens with zero attached hydrogens (tertiary/aromatic N) is 2. The first-order valence-electron chi connectivity index (χ1n) is 5.91. The number of thiocarbonyl (C=S) groups is 1. The van der Waals surface area contributed by atoms with Crippen LogP contribution in [-0.2, 0) is 0 Å². The van der Waals surface area contributed by atoms with Crippen LogP contribution in [0.2, 0.25) is 0 Å². The Hall–Kier alpha value is -1.48. The molecule has 0 bridgehead atoms. The van der Waals surface area contributed by atoms with Gasteiger partial charge in [-0.25, -0.2) is 4.98 Å². The van der Waals surface area contributed by atoms with E-state index in [1.165, 1.54) is 0 Å². The van der Waals surface area contributed by atoms with E-state index in [0.717, 1.165) is 34.7 Å². The SMILES string of the molecule is CCN(CC)C(=S)c1ccc2ccccc2n1. The van der Waals surface area contributed by atoms with E-state index in [9.17, 15) is 0 Å². The van der Waals surface area contributed by atoms with E-state index < -0.39 is 0 Å². The Bertz CT molecular complexity index is 532. The summed E-state index contributed by atoms with van der Waals surface area (Å²) < 4.78 is 0. The quantitative estimate of drug-likeness (QED) is 0.771. The molecule has 0 saturated heterocycles. The van der Waals surface area contributed by atoms with Crippen LogP contribution in [0.15, 0.2) is 36.4 Å². The van der Waals surface area contributed by atoms with Gasteiger partial charge in [0, 0.05) is 18.5 Å². The van der Waals surface area contributed by atoms with Crippen molar-refractivity contribution in [1.29, 1.82) is 0 Å². The minimum absolute atomic E-state index is 0.834. The van der Waals surface area contributed by atoms with Crippen molar-refractivity contribution in [2.45, 2.75) is 13.8 Å². The molecule has 1 aromatic heterocycles. The zero-order valence-corrected chi connectivity index (χ0v) is 11.0. The predicted molar refractivity (Wildman–Crippen MR) is 76.4 cm³/mol. The number of aromatic nitrogens is 1. The molecule has 1 aromatic carbocycles. The molecule has 0 aliphatic heterocycles. The topological polar surface area (TPSA) is 16.1 Å². The molecule has 0 radical (unpaired) electrons. The second-order valence-corrected chi connectivity index (χ2v) is 4.25. The van der Waals surface area contributed by atoms with Crippen LogP contribution in [0.5, 0.6) is 0 Å². The zero-order valence-electron chi connectivity index (χ0n) is 10.2. The van der Waals surface area contributed by atoms with Gasteiger partial charge >= 0.3 is 0 Å². The zero-order chi connectivity index (χ0) is 12.3. The average molecular weight is 244 g/mol. The van der Waals surface area contributed by atoms with Gasteiger partial charge in [-0.2, -0.15) is 0 Å². The van der Waals surface area contributed by atoms with Gasteiger partial charge in [-0.3, -0.25) is 0 Å². The van der Waals surface area contributed by atoms with Gasteiger partial charge in [0.2, 0.25) is 0 Å². The molecule has 88 valence electrons. The highest BCUT2D eigenvalue weighted by atomic mass is 32.1. The molecular weight excluding hydrogens is 228 g/mol. The summed E-state index contributed by atoms with van der Waals surface area (Å²) in [4.78, 5) is 7.59. The molecule has 0 saturated carbocycles. The number of hydrogen-bond acceptors (Lipinski definition) is 2. The minimum atomic E-state index is 0.834. The fourth-order valence-corrected chi connectivity index (χ4v) is 2.23. The fourth-order valence-electron chi connectivity index (χ4n) is 1.86. The molecule has 2 nitrogen and oxygen atoms in total. The summed E-state index contributed by atoms with van der Waals surface area (Å²) in [5.74, 6) is 0. The van der Waals surface area contributed by atoms with Crippen molar-refractivity contribution in [3.05, 3.63) is 42.1 Å². The first-order valence-corrected chi connectivity index (χ1v) is 6.32. The van der Waals surface area contributed by atoms with Gasteiger partial charge in [0.1, 0.15) is 4.99 Å². The van der Waals surface area contributed by atoms with E-state index in [4.69, 9.17) is 12.2 Å². The van der Waals surface area contributed by atoms with Gasteiger partial charge in [-0.15, -0.1) is 0 Å². The largest absolute Gasteiger partial charge is 0.362 e. The van der Waals surface area contributed by atoms with Crippen molar-refractivity contribution in [1.82, 2.24) is 9.88 Å². The van der Waals surface area contributed by atoms with Gasteiger partial charge < -0.3 is 4.90 Å². The maximum atomic E-state index is 5.47. The molecule has 0 N–H and O–H groups in total. The van der Waals surface area contributed by atoms with Crippen LogP contribution in [-0.4, -0.2) is 28.0 Å². The normalized spacial score (nSPS) is 10.5. The number of benzene rings is 1. The molecule has 0 fully saturated rings. The van der Waals surface area contributed by atoms with Crippen LogP contribution in [0.4, 0.5) is 0 Å². The Labute approximate surface area is 107 Å². The summed E-state index contributed by atoms with van der Waals surface area (Å²) in [6, 6.07) is 12.2. The maximum Gasteiger partial charge on any atom is 0.127 e. The number of hydrogen-bond donors (Lipinski definition) is 0. The first kappa shape index (κ1) is 12.0. The second kappa shape index (κ2) is 5.23. The number of pyridine rings is 1. The fraction of sp³-hybridized carbons (Fsp3) is 0.286. The molecular formula is C14H16N2S. The lowest BCUT2D eigenvalue weighted by Gasteiger charge is -2.21. The average Bonchev–Trinajstić information content (AvgIpc) is 2.39. The molecule has 17 heavy (non-hydrogen) atoms. The van der Waals surface area contributed by atoms with Crippen LogP contribution in [0.1, 0.15) is 19.5 Å².